The quantitative estimate of drug-likeness (QED) is 0.283. The Morgan fingerprint density at radius 3 is 2.22 bits per heavy atom. The molecule has 50 valence electrons. The molecule has 0 saturated heterocycles. The van der Waals surface area contributed by atoms with Crippen molar-refractivity contribution in [2.75, 3.05) is 0 Å². The Bertz CT molecular complexity index is 169. The molecule has 0 aliphatic heterocycles. The molecule has 0 aromatic heterocycles. The van der Waals surface area contributed by atoms with E-state index in [4.69, 9.17) is 10.6 Å². The van der Waals surface area contributed by atoms with Crippen molar-refractivity contribution in [3.8, 4) is 0 Å². The summed E-state index contributed by atoms with van der Waals surface area (Å²) in [6.45, 7) is 1.23. The van der Waals surface area contributed by atoms with Crippen molar-refractivity contribution in [2.45, 2.75) is 6.92 Å². The number of primary amides is 1. The standard InChI is InChI=1S/C4H7N3O2/c1-2(8)3(7-6)4(5)9/h6,8H,1H3,(H2,5,9). The van der Waals surface area contributed by atoms with Gasteiger partial charge in [-0.05, 0) is 6.92 Å². The Morgan fingerprint density at radius 2 is 2.22 bits per heavy atom. The van der Waals surface area contributed by atoms with Gasteiger partial charge in [0, 0.05) is 0 Å². The summed E-state index contributed by atoms with van der Waals surface area (Å²) in [7, 11) is 0. The van der Waals surface area contributed by atoms with Crippen molar-refractivity contribution in [3.05, 3.63) is 11.5 Å². The summed E-state index contributed by atoms with van der Waals surface area (Å²) < 4.78 is 0. The number of aliphatic hydroxyl groups is 1. The predicted octanol–water partition coefficient (Wildman–Crippen LogP) is 0.292. The summed E-state index contributed by atoms with van der Waals surface area (Å²) in [6.07, 6.45) is 0. The van der Waals surface area contributed by atoms with E-state index < -0.39 is 11.6 Å². The second kappa shape index (κ2) is 2.81. The number of hydrogen-bond acceptors (Lipinski definition) is 4. The Kier molecular flexibility index (Phi) is 2.37. The average molecular weight is 129 g/mol. The molecule has 1 amide bonds. The predicted molar refractivity (Wildman–Crippen MR) is 29.7 cm³/mol. The summed E-state index contributed by atoms with van der Waals surface area (Å²) in [5.41, 5.74) is 10.6. The van der Waals surface area contributed by atoms with Gasteiger partial charge >= 0.3 is 0 Å². The lowest BCUT2D eigenvalue weighted by Crippen LogP contribution is -2.13. The minimum atomic E-state index is -0.898. The van der Waals surface area contributed by atoms with Gasteiger partial charge < -0.3 is 10.8 Å². The van der Waals surface area contributed by atoms with Crippen LogP contribution in [0.3, 0.4) is 0 Å². The van der Waals surface area contributed by atoms with Gasteiger partial charge in [0.25, 0.3) is 5.91 Å². The van der Waals surface area contributed by atoms with Gasteiger partial charge in [0.15, 0.2) is 5.70 Å². The Balaban J connectivity index is 4.55. The number of amides is 1. The van der Waals surface area contributed by atoms with Crippen LogP contribution in [0.2, 0.25) is 0 Å². The lowest BCUT2D eigenvalue weighted by molar-refractivity contribution is -0.114. The highest BCUT2D eigenvalue weighted by Gasteiger charge is 2.05. The maximum atomic E-state index is 10.2. The molecule has 0 saturated carbocycles. The Hall–Kier alpha value is -1.39. The molecule has 0 rings (SSSR count). The van der Waals surface area contributed by atoms with E-state index >= 15 is 0 Å². The summed E-state index contributed by atoms with van der Waals surface area (Å²) >= 11 is 0. The molecule has 0 heterocycles. The topological polar surface area (TPSA) is 99.5 Å². The Morgan fingerprint density at radius 1 is 1.78 bits per heavy atom. The normalized spacial score (nSPS) is 12.1. The Labute approximate surface area is 51.7 Å². The molecule has 0 fully saturated rings. The fourth-order valence-corrected chi connectivity index (χ4v) is 0.314. The molecule has 9 heavy (non-hydrogen) atoms. The zero-order valence-corrected chi connectivity index (χ0v) is 4.88. The number of rotatable bonds is 2. The minimum absolute atomic E-state index is 0.336. The smallest absolute Gasteiger partial charge is 0.272 e. The van der Waals surface area contributed by atoms with Crippen molar-refractivity contribution in [2.24, 2.45) is 10.8 Å². The molecule has 0 aliphatic carbocycles. The molecule has 0 bridgehead atoms. The van der Waals surface area contributed by atoms with Crippen LogP contribution in [-0.2, 0) is 4.79 Å². The maximum absolute atomic E-state index is 10.2. The van der Waals surface area contributed by atoms with Crippen molar-refractivity contribution in [1.29, 1.82) is 5.53 Å². The molecular formula is C4H7N3O2. The fourth-order valence-electron chi connectivity index (χ4n) is 0.314. The molecule has 0 radical (unpaired) electrons. The maximum Gasteiger partial charge on any atom is 0.272 e. The van der Waals surface area contributed by atoms with Gasteiger partial charge in [-0.2, -0.15) is 0 Å². The van der Waals surface area contributed by atoms with E-state index in [1.165, 1.54) is 6.92 Å². The van der Waals surface area contributed by atoms with Gasteiger partial charge in [0.05, 0.1) is 0 Å². The van der Waals surface area contributed by atoms with Crippen LogP contribution in [0.25, 0.3) is 0 Å². The number of allylic oxidation sites excluding steroid dienone is 1. The highest BCUT2D eigenvalue weighted by Crippen LogP contribution is 1.99. The SMILES string of the molecule is CC(O)=C(N=N)C(N)=O. The summed E-state index contributed by atoms with van der Waals surface area (Å²) in [4.78, 5) is 10.2. The van der Waals surface area contributed by atoms with E-state index in [-0.39, 0.29) is 5.76 Å². The number of carbonyl (C=O) groups is 1. The first-order valence-electron chi connectivity index (χ1n) is 2.16. The van der Waals surface area contributed by atoms with Gasteiger partial charge in [-0.3, -0.25) is 4.79 Å². The van der Waals surface area contributed by atoms with Crippen LogP contribution < -0.4 is 5.73 Å². The van der Waals surface area contributed by atoms with E-state index in [0.717, 1.165) is 0 Å². The van der Waals surface area contributed by atoms with Crippen LogP contribution in [0.5, 0.6) is 0 Å². The molecule has 5 nitrogen and oxygen atoms in total. The van der Waals surface area contributed by atoms with Gasteiger partial charge in [-0.1, -0.05) is 0 Å². The molecule has 0 aliphatic rings. The number of carbonyl (C=O) groups excluding carboxylic acids is 1. The highest BCUT2D eigenvalue weighted by atomic mass is 16.3. The van der Waals surface area contributed by atoms with E-state index in [1.54, 1.807) is 0 Å². The molecular weight excluding hydrogens is 122 g/mol. The van der Waals surface area contributed by atoms with E-state index in [0.29, 0.717) is 0 Å². The molecule has 4 N–H and O–H groups in total. The number of nitrogens with zero attached hydrogens (tertiary/aromatic N) is 1. The molecule has 0 aromatic carbocycles. The lowest BCUT2D eigenvalue weighted by Gasteiger charge is -1.92. The molecule has 5 heteroatoms. The van der Waals surface area contributed by atoms with E-state index in [2.05, 4.69) is 10.8 Å². The first-order valence-corrected chi connectivity index (χ1v) is 2.16. The number of aliphatic hydroxyl groups excluding tert-OH is 1. The van der Waals surface area contributed by atoms with Crippen LogP contribution in [0.4, 0.5) is 0 Å². The van der Waals surface area contributed by atoms with Crippen LogP contribution >= 0.6 is 0 Å². The van der Waals surface area contributed by atoms with E-state index in [9.17, 15) is 4.79 Å². The first kappa shape index (κ1) is 7.61. The second-order valence-electron chi connectivity index (χ2n) is 1.41. The number of nitrogens with one attached hydrogen (secondary N) is 1. The zero-order valence-electron chi connectivity index (χ0n) is 4.88. The van der Waals surface area contributed by atoms with Crippen LogP contribution in [0, 0.1) is 5.53 Å². The summed E-state index contributed by atoms with van der Waals surface area (Å²) in [5, 5.41) is 11.2. The average Bonchev–Trinajstić information content (AvgIpc) is 1.64. The third-order valence-electron chi connectivity index (χ3n) is 0.688. The monoisotopic (exact) mass is 129 g/mol. The van der Waals surface area contributed by atoms with E-state index in [1.807, 2.05) is 0 Å². The van der Waals surface area contributed by atoms with Crippen LogP contribution in [0.15, 0.2) is 16.6 Å². The largest absolute Gasteiger partial charge is 0.510 e. The van der Waals surface area contributed by atoms with Gasteiger partial charge in [0.1, 0.15) is 5.76 Å². The van der Waals surface area contributed by atoms with Crippen LogP contribution in [-0.4, -0.2) is 11.0 Å². The fraction of sp³-hybridized carbons (Fsp3) is 0.250. The van der Waals surface area contributed by atoms with Gasteiger partial charge in [-0.15, -0.1) is 5.11 Å². The minimum Gasteiger partial charge on any atom is -0.510 e. The highest BCUT2D eigenvalue weighted by molar-refractivity contribution is 5.91. The first-order chi connectivity index (χ1) is 4.09. The molecule has 0 unspecified atom stereocenters. The van der Waals surface area contributed by atoms with Crippen molar-refractivity contribution >= 4 is 5.91 Å². The molecule has 0 spiro atoms. The molecule has 0 aromatic rings. The summed E-state index contributed by atoms with van der Waals surface area (Å²) in [6, 6.07) is 0. The van der Waals surface area contributed by atoms with Gasteiger partial charge in [0.2, 0.25) is 0 Å². The zero-order chi connectivity index (χ0) is 7.44. The van der Waals surface area contributed by atoms with Gasteiger partial charge in [-0.25, -0.2) is 5.53 Å². The second-order valence-corrected chi connectivity index (χ2v) is 1.41. The van der Waals surface area contributed by atoms with Crippen molar-refractivity contribution in [1.82, 2.24) is 0 Å². The third-order valence-corrected chi connectivity index (χ3v) is 0.688. The summed E-state index contributed by atoms with van der Waals surface area (Å²) in [5.74, 6) is -1.23. The molecule has 0 atom stereocenters. The number of nitrogens with two attached hydrogens (primary N) is 1. The van der Waals surface area contributed by atoms with Crippen molar-refractivity contribution < 1.29 is 9.90 Å². The lowest BCUT2D eigenvalue weighted by atomic mass is 10.4. The van der Waals surface area contributed by atoms with Crippen molar-refractivity contribution in [3.63, 3.8) is 0 Å². The number of hydrogen-bond donors (Lipinski definition) is 3. The van der Waals surface area contributed by atoms with Crippen LogP contribution in [0.1, 0.15) is 6.92 Å². The third kappa shape index (κ3) is 1.89.